The molecule has 1 aromatic rings. The minimum atomic E-state index is -3.81. The van der Waals surface area contributed by atoms with Crippen molar-refractivity contribution in [3.8, 4) is 0 Å². The fourth-order valence-electron chi connectivity index (χ4n) is 2.08. The quantitative estimate of drug-likeness (QED) is 0.789. The molecule has 0 aromatic carbocycles. The van der Waals surface area contributed by atoms with Gasteiger partial charge in [-0.15, -0.1) is 5.10 Å². The third kappa shape index (κ3) is 2.39. The van der Waals surface area contributed by atoms with Crippen LogP contribution in [0.2, 0.25) is 0 Å². The lowest BCUT2D eigenvalue weighted by Gasteiger charge is -2.33. The van der Waals surface area contributed by atoms with E-state index in [1.807, 2.05) is 0 Å². The highest BCUT2D eigenvalue weighted by atomic mass is 79.9. The molecule has 106 valence electrons. The molecule has 0 bridgehead atoms. The van der Waals surface area contributed by atoms with Gasteiger partial charge in [-0.1, -0.05) is 12.1 Å². The van der Waals surface area contributed by atoms with Gasteiger partial charge in [0, 0.05) is 20.1 Å². The van der Waals surface area contributed by atoms with Crippen LogP contribution in [-0.4, -0.2) is 52.8 Å². The summed E-state index contributed by atoms with van der Waals surface area (Å²) in [7, 11) is -2.31. The van der Waals surface area contributed by atoms with Crippen LogP contribution in [0, 0.1) is 0 Å². The molecule has 1 N–H and O–H groups in total. The molecule has 1 aliphatic heterocycles. The van der Waals surface area contributed by atoms with Gasteiger partial charge in [-0.05, 0) is 22.4 Å². The lowest BCUT2D eigenvalue weighted by atomic mass is 10.2. The van der Waals surface area contributed by atoms with Crippen LogP contribution >= 0.6 is 15.9 Å². The van der Waals surface area contributed by atoms with Crippen molar-refractivity contribution in [2.75, 3.05) is 13.1 Å². The van der Waals surface area contributed by atoms with Gasteiger partial charge < -0.3 is 5.32 Å². The second-order valence-corrected chi connectivity index (χ2v) is 6.70. The van der Waals surface area contributed by atoms with Gasteiger partial charge in [0.2, 0.25) is 10.9 Å². The van der Waals surface area contributed by atoms with Gasteiger partial charge in [-0.2, -0.15) is 4.31 Å². The Morgan fingerprint density at radius 3 is 2.74 bits per heavy atom. The molecule has 0 saturated carbocycles. The van der Waals surface area contributed by atoms with Gasteiger partial charge >= 0.3 is 0 Å². The summed E-state index contributed by atoms with van der Waals surface area (Å²) in [5, 5.41) is 9.95. The number of nitrogens with zero attached hydrogens (tertiary/aromatic N) is 4. The molecule has 2 rings (SSSR count). The zero-order valence-corrected chi connectivity index (χ0v) is 12.9. The second kappa shape index (κ2) is 5.17. The van der Waals surface area contributed by atoms with Gasteiger partial charge in [-0.3, -0.25) is 4.79 Å². The fraction of sp³-hybridized carbons (Fsp3) is 0.667. The molecule has 0 spiro atoms. The Morgan fingerprint density at radius 1 is 1.53 bits per heavy atom. The second-order valence-electron chi connectivity index (χ2n) is 4.14. The van der Waals surface area contributed by atoms with Gasteiger partial charge in [0.05, 0.1) is 0 Å². The lowest BCUT2D eigenvalue weighted by molar-refractivity contribution is -0.126. The average Bonchev–Trinajstić information content (AvgIpc) is 2.69. The number of sulfonamides is 1. The molecule has 1 unspecified atom stereocenters. The summed E-state index contributed by atoms with van der Waals surface area (Å²) in [6.45, 7) is 2.32. The van der Waals surface area contributed by atoms with Crippen LogP contribution in [0.25, 0.3) is 0 Å². The predicted molar refractivity (Wildman–Crippen MR) is 69.7 cm³/mol. The molecule has 10 heteroatoms. The topological polar surface area (TPSA) is 97.2 Å². The van der Waals surface area contributed by atoms with Crippen LogP contribution in [0.15, 0.2) is 9.63 Å². The van der Waals surface area contributed by atoms with E-state index in [1.165, 1.54) is 16.0 Å². The summed E-state index contributed by atoms with van der Waals surface area (Å²) in [5.74, 6) is -0.274. The first-order chi connectivity index (χ1) is 8.89. The standard InChI is InChI=1S/C9H14BrN5O3S/c1-3-6-8(16)11-4-5-15(6)19(17,18)9-7(10)12-13-14(9)2/h6H,3-5H2,1-2H3,(H,11,16). The number of hydrogen-bond donors (Lipinski definition) is 1. The van der Waals surface area contributed by atoms with Crippen LogP contribution in [-0.2, 0) is 21.9 Å². The molecular weight excluding hydrogens is 338 g/mol. The highest BCUT2D eigenvalue weighted by Crippen LogP contribution is 2.25. The van der Waals surface area contributed by atoms with Crippen LogP contribution < -0.4 is 5.32 Å². The van der Waals surface area contributed by atoms with Crippen molar-refractivity contribution in [2.45, 2.75) is 24.4 Å². The summed E-state index contributed by atoms with van der Waals surface area (Å²) in [5.41, 5.74) is 0. The monoisotopic (exact) mass is 351 g/mol. The van der Waals surface area contributed by atoms with Gasteiger partial charge in [0.25, 0.3) is 10.0 Å². The molecule has 1 amide bonds. The Labute approximate surface area is 119 Å². The van der Waals surface area contributed by atoms with E-state index < -0.39 is 16.1 Å². The number of aromatic nitrogens is 3. The summed E-state index contributed by atoms with van der Waals surface area (Å²) < 4.78 is 27.8. The first kappa shape index (κ1) is 14.4. The molecule has 1 atom stereocenters. The van der Waals surface area contributed by atoms with E-state index >= 15 is 0 Å². The van der Waals surface area contributed by atoms with E-state index in [4.69, 9.17) is 0 Å². The average molecular weight is 352 g/mol. The number of nitrogens with one attached hydrogen (secondary N) is 1. The highest BCUT2D eigenvalue weighted by Gasteiger charge is 2.40. The van der Waals surface area contributed by atoms with E-state index in [0.29, 0.717) is 13.0 Å². The van der Waals surface area contributed by atoms with Gasteiger partial charge in [0.1, 0.15) is 6.04 Å². The maximum Gasteiger partial charge on any atom is 0.263 e. The highest BCUT2D eigenvalue weighted by molar-refractivity contribution is 9.10. The van der Waals surface area contributed by atoms with Crippen molar-refractivity contribution in [1.29, 1.82) is 0 Å². The van der Waals surface area contributed by atoms with Gasteiger partial charge in [0.15, 0.2) is 4.60 Å². The largest absolute Gasteiger partial charge is 0.353 e. The zero-order chi connectivity index (χ0) is 14.2. The number of rotatable bonds is 3. The number of carbonyl (C=O) groups is 1. The number of amides is 1. The summed E-state index contributed by atoms with van der Waals surface area (Å²) in [6.07, 6.45) is 0.411. The minimum Gasteiger partial charge on any atom is -0.353 e. The molecule has 1 aromatic heterocycles. The van der Waals surface area contributed by atoms with E-state index in [9.17, 15) is 13.2 Å². The minimum absolute atomic E-state index is 0.0411. The molecule has 8 nitrogen and oxygen atoms in total. The first-order valence-corrected chi connectivity index (χ1v) is 7.97. The molecule has 0 radical (unpaired) electrons. The van der Waals surface area contributed by atoms with Crippen molar-refractivity contribution in [2.24, 2.45) is 7.05 Å². The van der Waals surface area contributed by atoms with E-state index in [0.717, 1.165) is 0 Å². The van der Waals surface area contributed by atoms with Crippen LogP contribution in [0.4, 0.5) is 0 Å². The third-order valence-corrected chi connectivity index (χ3v) is 5.76. The van der Waals surface area contributed by atoms with E-state index in [2.05, 4.69) is 31.6 Å². The van der Waals surface area contributed by atoms with Crippen LogP contribution in [0.1, 0.15) is 13.3 Å². The Kier molecular flexibility index (Phi) is 3.92. The Balaban J connectivity index is 2.47. The molecule has 19 heavy (non-hydrogen) atoms. The van der Waals surface area contributed by atoms with E-state index in [-0.39, 0.29) is 22.1 Å². The molecular formula is C9H14BrN5O3S. The lowest BCUT2D eigenvalue weighted by Crippen LogP contribution is -2.56. The van der Waals surface area contributed by atoms with Crippen LogP contribution in [0.3, 0.4) is 0 Å². The normalized spacial score (nSPS) is 21.4. The van der Waals surface area contributed by atoms with Crippen molar-refractivity contribution in [3.05, 3.63) is 4.60 Å². The Hall–Kier alpha value is -1.00. The van der Waals surface area contributed by atoms with Gasteiger partial charge in [-0.25, -0.2) is 13.1 Å². The summed E-state index contributed by atoms with van der Waals surface area (Å²) in [4.78, 5) is 11.8. The predicted octanol–water partition coefficient (Wildman–Crippen LogP) is -0.523. The van der Waals surface area contributed by atoms with Crippen molar-refractivity contribution in [3.63, 3.8) is 0 Å². The van der Waals surface area contributed by atoms with E-state index in [1.54, 1.807) is 6.92 Å². The Bertz CT molecular complexity index is 579. The number of aryl methyl sites for hydroxylation is 1. The SMILES string of the molecule is CCC1C(=O)NCCN1S(=O)(=O)c1c(Br)nnn1C. The number of halogens is 1. The molecule has 2 heterocycles. The maximum absolute atomic E-state index is 12.6. The number of carbonyl (C=O) groups excluding carboxylic acids is 1. The summed E-state index contributed by atoms with van der Waals surface area (Å²) >= 11 is 3.08. The van der Waals surface area contributed by atoms with Crippen LogP contribution in [0.5, 0.6) is 0 Å². The molecule has 1 saturated heterocycles. The number of piperazine rings is 1. The smallest absolute Gasteiger partial charge is 0.263 e. The van der Waals surface area contributed by atoms with Crippen molar-refractivity contribution in [1.82, 2.24) is 24.6 Å². The molecule has 1 fully saturated rings. The molecule has 0 aliphatic carbocycles. The Morgan fingerprint density at radius 2 is 2.21 bits per heavy atom. The van der Waals surface area contributed by atoms with Crippen molar-refractivity contribution >= 4 is 31.9 Å². The zero-order valence-electron chi connectivity index (χ0n) is 10.5. The fourth-order valence-corrected chi connectivity index (χ4v) is 4.78. The summed E-state index contributed by atoms with van der Waals surface area (Å²) in [6, 6.07) is -0.694. The number of hydrogen-bond acceptors (Lipinski definition) is 5. The maximum atomic E-state index is 12.6. The van der Waals surface area contributed by atoms with Crippen molar-refractivity contribution < 1.29 is 13.2 Å². The third-order valence-electron chi connectivity index (χ3n) is 2.96. The molecule has 1 aliphatic rings. The first-order valence-electron chi connectivity index (χ1n) is 5.74.